The Balaban J connectivity index is 1.30. The van der Waals surface area contributed by atoms with Gasteiger partial charge >= 0.3 is 0 Å². The van der Waals surface area contributed by atoms with Crippen molar-refractivity contribution in [1.82, 2.24) is 20.5 Å². The molecule has 1 fully saturated rings. The summed E-state index contributed by atoms with van der Waals surface area (Å²) in [6, 6.07) is 7.97. The van der Waals surface area contributed by atoms with E-state index in [1.807, 2.05) is 29.8 Å². The molecule has 0 bridgehead atoms. The van der Waals surface area contributed by atoms with E-state index >= 15 is 0 Å². The topological polar surface area (TPSA) is 89.2 Å². The second kappa shape index (κ2) is 7.84. The highest BCUT2D eigenvalue weighted by atomic mass is 32.1. The number of carbonyl (C=O) groups excluding carboxylic acids is 1. The lowest BCUT2D eigenvalue weighted by Gasteiger charge is -2.31. The highest BCUT2D eigenvalue weighted by molar-refractivity contribution is 7.13. The predicted octanol–water partition coefficient (Wildman–Crippen LogP) is 2.09. The number of para-hydroxylation sites is 2. The van der Waals surface area contributed by atoms with Crippen LogP contribution in [0.15, 0.2) is 35.8 Å². The summed E-state index contributed by atoms with van der Waals surface area (Å²) in [5.74, 6) is -0.170. The molecule has 3 aromatic rings. The number of aromatic amines is 1. The van der Waals surface area contributed by atoms with Crippen molar-refractivity contribution in [2.45, 2.75) is 13.0 Å². The van der Waals surface area contributed by atoms with E-state index in [0.29, 0.717) is 5.69 Å². The summed E-state index contributed by atoms with van der Waals surface area (Å²) in [7, 11) is 0. The van der Waals surface area contributed by atoms with E-state index in [2.05, 4.69) is 41.7 Å². The summed E-state index contributed by atoms with van der Waals surface area (Å²) >= 11 is 1.51. The molecule has 29 heavy (non-hydrogen) atoms. The van der Waals surface area contributed by atoms with Crippen LogP contribution in [0, 0.1) is 0 Å². The number of nitrogens with zero attached hydrogens (tertiary/aromatic N) is 4. The van der Waals surface area contributed by atoms with Gasteiger partial charge in [0.15, 0.2) is 5.13 Å². The number of thiazole rings is 1. The van der Waals surface area contributed by atoms with Gasteiger partial charge in [0, 0.05) is 62.3 Å². The highest BCUT2D eigenvalue weighted by Gasteiger charge is 2.22. The smallest absolute Gasteiger partial charge is 0.275 e. The zero-order valence-corrected chi connectivity index (χ0v) is 16.8. The third-order valence-electron chi connectivity index (χ3n) is 5.41. The number of hydrogen-bond acceptors (Lipinski definition) is 7. The number of fused-ring (bicyclic) bond motifs is 1. The molecule has 1 saturated heterocycles. The van der Waals surface area contributed by atoms with Crippen molar-refractivity contribution >= 4 is 33.8 Å². The Labute approximate surface area is 172 Å². The fourth-order valence-electron chi connectivity index (χ4n) is 3.85. The zero-order valence-electron chi connectivity index (χ0n) is 16.0. The lowest BCUT2D eigenvalue weighted by atomic mass is 10.1. The average molecular weight is 410 g/mol. The summed E-state index contributed by atoms with van der Waals surface area (Å²) in [5, 5.41) is 16.3. The number of hydrogen-bond donors (Lipinski definition) is 3. The minimum atomic E-state index is -0.170. The first-order chi connectivity index (χ1) is 14.3. The quantitative estimate of drug-likeness (QED) is 0.612. The van der Waals surface area contributed by atoms with Crippen molar-refractivity contribution in [1.29, 1.82) is 0 Å². The molecule has 0 radical (unpaired) electrons. The predicted molar refractivity (Wildman–Crippen MR) is 115 cm³/mol. The van der Waals surface area contributed by atoms with Crippen LogP contribution >= 0.6 is 11.3 Å². The van der Waals surface area contributed by atoms with Crippen molar-refractivity contribution in [3.63, 3.8) is 0 Å². The maximum Gasteiger partial charge on any atom is 0.275 e. The van der Waals surface area contributed by atoms with Gasteiger partial charge in [-0.2, -0.15) is 5.10 Å². The highest BCUT2D eigenvalue weighted by Crippen LogP contribution is 2.29. The minimum Gasteiger partial charge on any atom is -0.367 e. The van der Waals surface area contributed by atoms with E-state index in [-0.39, 0.29) is 5.91 Å². The first-order valence-corrected chi connectivity index (χ1v) is 10.7. The van der Waals surface area contributed by atoms with Crippen LogP contribution in [0.4, 0.5) is 16.5 Å². The SMILES string of the molecule is O=C(Nc1ccccc1N1CCNCC1)c1csc(N2CCc3[nH]ncc3C2)n1. The van der Waals surface area contributed by atoms with E-state index in [4.69, 9.17) is 0 Å². The summed E-state index contributed by atoms with van der Waals surface area (Å²) < 4.78 is 0. The van der Waals surface area contributed by atoms with E-state index in [9.17, 15) is 4.79 Å². The van der Waals surface area contributed by atoms with Crippen molar-refractivity contribution in [2.75, 3.05) is 47.8 Å². The first kappa shape index (κ1) is 18.1. The molecule has 0 atom stereocenters. The first-order valence-electron chi connectivity index (χ1n) is 9.85. The molecule has 2 aromatic heterocycles. The van der Waals surface area contributed by atoms with E-state index in [1.165, 1.54) is 22.6 Å². The van der Waals surface area contributed by atoms with Crippen molar-refractivity contribution in [3.05, 3.63) is 52.8 Å². The van der Waals surface area contributed by atoms with Gasteiger partial charge in [-0.3, -0.25) is 9.89 Å². The molecule has 4 heterocycles. The summed E-state index contributed by atoms with van der Waals surface area (Å²) in [4.78, 5) is 22.0. The molecule has 2 aliphatic heterocycles. The Hall–Kier alpha value is -2.91. The Morgan fingerprint density at radius 3 is 2.90 bits per heavy atom. The van der Waals surface area contributed by atoms with Gasteiger partial charge in [0.1, 0.15) is 5.69 Å². The summed E-state index contributed by atoms with van der Waals surface area (Å²) in [6.45, 7) is 5.40. The third kappa shape index (κ3) is 3.70. The van der Waals surface area contributed by atoms with Gasteiger partial charge in [0.2, 0.25) is 0 Å². The fourth-order valence-corrected chi connectivity index (χ4v) is 4.68. The van der Waals surface area contributed by atoms with Crippen LogP contribution in [0.25, 0.3) is 0 Å². The Morgan fingerprint density at radius 1 is 1.14 bits per heavy atom. The monoisotopic (exact) mass is 409 g/mol. The third-order valence-corrected chi connectivity index (χ3v) is 6.31. The van der Waals surface area contributed by atoms with Gasteiger partial charge in [-0.05, 0) is 12.1 Å². The lowest BCUT2D eigenvalue weighted by molar-refractivity contribution is 0.102. The van der Waals surface area contributed by atoms with E-state index in [0.717, 1.165) is 62.2 Å². The fraction of sp³-hybridized carbons (Fsp3) is 0.350. The Morgan fingerprint density at radius 2 is 2.00 bits per heavy atom. The number of rotatable bonds is 4. The number of anilines is 3. The second-order valence-corrected chi connectivity index (χ2v) is 8.11. The molecule has 0 spiro atoms. The molecule has 5 rings (SSSR count). The van der Waals surface area contributed by atoms with Crippen LogP contribution in [-0.2, 0) is 13.0 Å². The van der Waals surface area contributed by atoms with Crippen molar-refractivity contribution < 1.29 is 4.79 Å². The average Bonchev–Trinajstić information content (AvgIpc) is 3.44. The molecule has 1 aromatic carbocycles. The Bertz CT molecular complexity index is 1010. The molecule has 3 N–H and O–H groups in total. The maximum absolute atomic E-state index is 12.9. The lowest BCUT2D eigenvalue weighted by Crippen LogP contribution is -2.43. The van der Waals surface area contributed by atoms with Gasteiger partial charge < -0.3 is 20.4 Å². The Kier molecular flexibility index (Phi) is 4.91. The largest absolute Gasteiger partial charge is 0.367 e. The molecule has 0 aliphatic carbocycles. The van der Waals surface area contributed by atoms with Gasteiger partial charge in [0.25, 0.3) is 5.91 Å². The van der Waals surface area contributed by atoms with Crippen LogP contribution in [0.3, 0.4) is 0 Å². The van der Waals surface area contributed by atoms with Crippen LogP contribution in [0.5, 0.6) is 0 Å². The van der Waals surface area contributed by atoms with E-state index in [1.54, 1.807) is 0 Å². The molecule has 1 amide bonds. The molecule has 0 saturated carbocycles. The molecule has 0 unspecified atom stereocenters. The van der Waals surface area contributed by atoms with Gasteiger partial charge in [-0.25, -0.2) is 4.98 Å². The standard InChI is InChI=1S/C20H23N7OS/c28-19(23-16-3-1-2-4-18(16)26-9-6-21-7-10-26)17-13-29-20(24-17)27-8-5-15-14(12-27)11-22-25-15/h1-4,11,13,21H,5-10,12H2,(H,22,25)(H,23,28). The van der Waals surface area contributed by atoms with Gasteiger partial charge in [-0.1, -0.05) is 12.1 Å². The summed E-state index contributed by atoms with van der Waals surface area (Å²) in [5.41, 5.74) is 4.73. The van der Waals surface area contributed by atoms with Gasteiger partial charge in [-0.15, -0.1) is 11.3 Å². The van der Waals surface area contributed by atoms with Crippen molar-refractivity contribution in [3.8, 4) is 0 Å². The minimum absolute atomic E-state index is 0.170. The van der Waals surface area contributed by atoms with Crippen LogP contribution in [0.2, 0.25) is 0 Å². The van der Waals surface area contributed by atoms with E-state index < -0.39 is 0 Å². The number of benzene rings is 1. The molecule has 150 valence electrons. The zero-order chi connectivity index (χ0) is 19.6. The van der Waals surface area contributed by atoms with Crippen LogP contribution in [0.1, 0.15) is 21.7 Å². The number of H-pyrrole nitrogens is 1. The normalized spacial score (nSPS) is 16.6. The second-order valence-electron chi connectivity index (χ2n) is 7.27. The van der Waals surface area contributed by atoms with Gasteiger partial charge in [0.05, 0.1) is 17.6 Å². The molecule has 9 heteroatoms. The molecule has 8 nitrogen and oxygen atoms in total. The van der Waals surface area contributed by atoms with Crippen LogP contribution in [-0.4, -0.2) is 53.8 Å². The molecule has 2 aliphatic rings. The molecular weight excluding hydrogens is 386 g/mol. The summed E-state index contributed by atoms with van der Waals surface area (Å²) in [6.07, 6.45) is 2.78. The maximum atomic E-state index is 12.9. The number of aromatic nitrogens is 3. The number of nitrogens with one attached hydrogen (secondary N) is 3. The number of carbonyl (C=O) groups is 1. The number of amides is 1. The number of piperazine rings is 1. The molecular formula is C20H23N7OS. The van der Waals surface area contributed by atoms with Crippen molar-refractivity contribution in [2.24, 2.45) is 0 Å². The van der Waals surface area contributed by atoms with Crippen LogP contribution < -0.4 is 20.4 Å².